The van der Waals surface area contributed by atoms with E-state index in [1.165, 1.54) is 0 Å². The topological polar surface area (TPSA) is 38.3 Å². The van der Waals surface area contributed by atoms with E-state index in [-0.39, 0.29) is 5.91 Å². The van der Waals surface area contributed by atoms with Gasteiger partial charge >= 0.3 is 0 Å². The molecular weight excluding hydrogens is 357 g/mol. The minimum Gasteiger partial charge on any atom is -0.489 e. The molecule has 1 amide bonds. The van der Waals surface area contributed by atoms with Gasteiger partial charge in [-0.3, -0.25) is 4.79 Å². The molecule has 0 bridgehead atoms. The predicted octanol–water partition coefficient (Wildman–Crippen LogP) is 5.82. The molecule has 25 heavy (non-hydrogen) atoms. The first-order valence-corrected chi connectivity index (χ1v) is 8.40. The first-order valence-electron chi connectivity index (χ1n) is 7.65. The van der Waals surface area contributed by atoms with Crippen molar-refractivity contribution in [2.45, 2.75) is 6.61 Å². The largest absolute Gasteiger partial charge is 0.489 e. The van der Waals surface area contributed by atoms with E-state index < -0.39 is 0 Å². The van der Waals surface area contributed by atoms with E-state index in [2.05, 4.69) is 5.32 Å². The van der Waals surface area contributed by atoms with Gasteiger partial charge in [-0.05, 0) is 48.5 Å². The van der Waals surface area contributed by atoms with E-state index >= 15 is 0 Å². The molecule has 0 aromatic heterocycles. The third-order valence-corrected chi connectivity index (χ3v) is 4.15. The summed E-state index contributed by atoms with van der Waals surface area (Å²) in [6.07, 6.45) is 0. The van der Waals surface area contributed by atoms with Crippen LogP contribution in [0, 0.1) is 0 Å². The summed E-state index contributed by atoms with van der Waals surface area (Å²) in [5.74, 6) is 0.458. The van der Waals surface area contributed by atoms with Gasteiger partial charge in [0.25, 0.3) is 5.91 Å². The average Bonchev–Trinajstić information content (AvgIpc) is 2.61. The number of nitrogens with one attached hydrogen (secondary N) is 1. The lowest BCUT2D eigenvalue weighted by Gasteiger charge is -2.09. The van der Waals surface area contributed by atoms with Gasteiger partial charge in [0.15, 0.2) is 0 Å². The van der Waals surface area contributed by atoms with Crippen molar-refractivity contribution < 1.29 is 9.53 Å². The summed E-state index contributed by atoms with van der Waals surface area (Å²) < 4.78 is 5.71. The highest BCUT2D eigenvalue weighted by atomic mass is 35.5. The molecule has 1 N–H and O–H groups in total. The fourth-order valence-corrected chi connectivity index (χ4v) is 2.63. The Morgan fingerprint density at radius 1 is 0.920 bits per heavy atom. The van der Waals surface area contributed by atoms with Gasteiger partial charge in [0.2, 0.25) is 0 Å². The van der Waals surface area contributed by atoms with Crippen molar-refractivity contribution in [1.82, 2.24) is 0 Å². The van der Waals surface area contributed by atoms with Gasteiger partial charge in [0, 0.05) is 26.9 Å². The molecule has 0 atom stereocenters. The van der Waals surface area contributed by atoms with E-state index in [4.69, 9.17) is 27.9 Å². The standard InChI is InChI=1S/C20H15Cl2NO2/c21-16-5-3-6-17(12-16)23-20(24)14-8-10-18(11-9-14)25-13-15-4-1-2-7-19(15)22/h1-12H,13H2,(H,23,24). The Morgan fingerprint density at radius 3 is 2.40 bits per heavy atom. The lowest BCUT2D eigenvalue weighted by Crippen LogP contribution is -2.11. The normalized spacial score (nSPS) is 10.3. The number of anilines is 1. The number of carbonyl (C=O) groups is 1. The molecule has 0 aliphatic heterocycles. The summed E-state index contributed by atoms with van der Waals surface area (Å²) in [5, 5.41) is 4.04. The van der Waals surface area contributed by atoms with Crippen molar-refractivity contribution in [3.05, 3.63) is 94.0 Å². The van der Waals surface area contributed by atoms with Crippen LogP contribution in [0.15, 0.2) is 72.8 Å². The maximum Gasteiger partial charge on any atom is 0.255 e. The quantitative estimate of drug-likeness (QED) is 0.612. The van der Waals surface area contributed by atoms with Crippen molar-refractivity contribution in [3.8, 4) is 5.75 Å². The van der Waals surface area contributed by atoms with Gasteiger partial charge in [-0.15, -0.1) is 0 Å². The molecule has 0 heterocycles. The summed E-state index contributed by atoms with van der Waals surface area (Å²) in [4.78, 5) is 12.2. The van der Waals surface area contributed by atoms with Crippen LogP contribution < -0.4 is 10.1 Å². The summed E-state index contributed by atoms with van der Waals surface area (Å²) in [6, 6.07) is 21.5. The minimum atomic E-state index is -0.208. The number of amides is 1. The lowest BCUT2D eigenvalue weighted by atomic mass is 10.2. The molecule has 0 saturated heterocycles. The zero-order chi connectivity index (χ0) is 17.6. The number of hydrogen-bond acceptors (Lipinski definition) is 2. The molecule has 0 fully saturated rings. The first-order chi connectivity index (χ1) is 12.1. The fourth-order valence-electron chi connectivity index (χ4n) is 2.25. The molecule has 0 radical (unpaired) electrons. The van der Waals surface area contributed by atoms with Gasteiger partial charge < -0.3 is 10.1 Å². The fraction of sp³-hybridized carbons (Fsp3) is 0.0500. The van der Waals surface area contributed by atoms with E-state index in [0.29, 0.717) is 33.7 Å². The Balaban J connectivity index is 1.61. The zero-order valence-electron chi connectivity index (χ0n) is 13.2. The number of benzene rings is 3. The Kier molecular flexibility index (Phi) is 5.59. The van der Waals surface area contributed by atoms with Crippen LogP contribution in [0.2, 0.25) is 10.0 Å². The zero-order valence-corrected chi connectivity index (χ0v) is 14.7. The molecule has 3 nitrogen and oxygen atoms in total. The van der Waals surface area contributed by atoms with Crippen molar-refractivity contribution in [2.75, 3.05) is 5.32 Å². The Morgan fingerprint density at radius 2 is 1.68 bits per heavy atom. The molecule has 3 aromatic rings. The summed E-state index contributed by atoms with van der Waals surface area (Å²) >= 11 is 12.0. The summed E-state index contributed by atoms with van der Waals surface area (Å²) in [7, 11) is 0. The van der Waals surface area contributed by atoms with Gasteiger partial charge in [-0.2, -0.15) is 0 Å². The maximum atomic E-state index is 12.2. The van der Waals surface area contributed by atoms with Crippen molar-refractivity contribution in [3.63, 3.8) is 0 Å². The number of hydrogen-bond donors (Lipinski definition) is 1. The molecule has 0 aliphatic rings. The smallest absolute Gasteiger partial charge is 0.255 e. The molecule has 3 aromatic carbocycles. The molecule has 0 aliphatic carbocycles. The van der Waals surface area contributed by atoms with Crippen LogP contribution in [0.25, 0.3) is 0 Å². The van der Waals surface area contributed by atoms with Crippen LogP contribution in [0.3, 0.4) is 0 Å². The van der Waals surface area contributed by atoms with Crippen LogP contribution in [-0.2, 0) is 6.61 Å². The average molecular weight is 372 g/mol. The van der Waals surface area contributed by atoms with Crippen LogP contribution in [0.1, 0.15) is 15.9 Å². The van der Waals surface area contributed by atoms with Crippen LogP contribution in [0.4, 0.5) is 5.69 Å². The second kappa shape index (κ2) is 8.06. The van der Waals surface area contributed by atoms with Gasteiger partial charge in [-0.25, -0.2) is 0 Å². The van der Waals surface area contributed by atoms with Crippen LogP contribution >= 0.6 is 23.2 Å². The highest BCUT2D eigenvalue weighted by molar-refractivity contribution is 6.31. The summed E-state index contributed by atoms with van der Waals surface area (Å²) in [5.41, 5.74) is 2.09. The molecular formula is C20H15Cl2NO2. The van der Waals surface area contributed by atoms with E-state index in [1.54, 1.807) is 48.5 Å². The van der Waals surface area contributed by atoms with Crippen LogP contribution in [0.5, 0.6) is 5.75 Å². The molecule has 0 spiro atoms. The SMILES string of the molecule is O=C(Nc1cccc(Cl)c1)c1ccc(OCc2ccccc2Cl)cc1. The minimum absolute atomic E-state index is 0.208. The Labute approximate surface area is 156 Å². The van der Waals surface area contributed by atoms with Gasteiger partial charge in [0.1, 0.15) is 12.4 Å². The van der Waals surface area contributed by atoms with Gasteiger partial charge in [0.05, 0.1) is 0 Å². The molecule has 0 unspecified atom stereocenters. The molecule has 3 rings (SSSR count). The lowest BCUT2D eigenvalue weighted by molar-refractivity contribution is 0.102. The Bertz CT molecular complexity index is 879. The second-order valence-electron chi connectivity index (χ2n) is 5.37. The first kappa shape index (κ1) is 17.3. The van der Waals surface area contributed by atoms with E-state index in [9.17, 15) is 4.79 Å². The van der Waals surface area contributed by atoms with Crippen molar-refractivity contribution >= 4 is 34.8 Å². The van der Waals surface area contributed by atoms with Crippen LogP contribution in [-0.4, -0.2) is 5.91 Å². The number of rotatable bonds is 5. The highest BCUT2D eigenvalue weighted by Gasteiger charge is 2.07. The van der Waals surface area contributed by atoms with E-state index in [0.717, 1.165) is 5.56 Å². The highest BCUT2D eigenvalue weighted by Crippen LogP contribution is 2.20. The molecule has 126 valence electrons. The summed E-state index contributed by atoms with van der Waals surface area (Å²) in [6.45, 7) is 0.369. The predicted molar refractivity (Wildman–Crippen MR) is 102 cm³/mol. The van der Waals surface area contributed by atoms with Gasteiger partial charge in [-0.1, -0.05) is 47.5 Å². The maximum absolute atomic E-state index is 12.2. The monoisotopic (exact) mass is 371 g/mol. The Hall–Kier alpha value is -2.49. The number of halogens is 2. The molecule has 0 saturated carbocycles. The molecule has 5 heteroatoms. The number of ether oxygens (including phenoxy) is 1. The number of carbonyl (C=O) groups excluding carboxylic acids is 1. The third-order valence-electron chi connectivity index (χ3n) is 3.55. The second-order valence-corrected chi connectivity index (χ2v) is 6.21. The van der Waals surface area contributed by atoms with E-state index in [1.807, 2.05) is 24.3 Å². The van der Waals surface area contributed by atoms with Crippen molar-refractivity contribution in [2.24, 2.45) is 0 Å². The third kappa shape index (κ3) is 4.75. The van der Waals surface area contributed by atoms with Crippen molar-refractivity contribution in [1.29, 1.82) is 0 Å².